The smallest absolute Gasteiger partial charge is 0.306 e. The molecule has 0 aromatic heterocycles. The number of phosphoric acid groups is 1. The Morgan fingerprint density at radius 3 is 1.73 bits per heavy atom. The number of nitrogens with zero attached hydrogens (tertiary/aromatic N) is 1. The number of Topliss-reactive ketones (excluding diaryl/α,β-unsaturated/α-hetero) is 1. The van der Waals surface area contributed by atoms with Crippen molar-refractivity contribution < 1.29 is 42.4 Å². The molecule has 9 nitrogen and oxygen atoms in total. The summed E-state index contributed by atoms with van der Waals surface area (Å²) in [5.41, 5.74) is 0. The van der Waals surface area contributed by atoms with E-state index in [1.807, 2.05) is 21.1 Å². The van der Waals surface area contributed by atoms with Gasteiger partial charge in [-0.15, -0.1) is 0 Å². The van der Waals surface area contributed by atoms with Crippen molar-refractivity contribution >= 4 is 19.6 Å². The molecule has 2 unspecified atom stereocenters. The van der Waals surface area contributed by atoms with E-state index in [-0.39, 0.29) is 18.9 Å². The van der Waals surface area contributed by atoms with E-state index >= 15 is 0 Å². The van der Waals surface area contributed by atoms with Crippen LogP contribution in [0.2, 0.25) is 0 Å². The topological polar surface area (TPSA) is 122 Å². The minimum Gasteiger partial charge on any atom is -0.756 e. The number of carbonyl (C=O) groups is 2. The molecule has 0 saturated heterocycles. The van der Waals surface area contributed by atoms with Gasteiger partial charge in [0.1, 0.15) is 25.0 Å². The van der Waals surface area contributed by atoms with Gasteiger partial charge < -0.3 is 28.3 Å². The summed E-state index contributed by atoms with van der Waals surface area (Å²) < 4.78 is 27.5. The summed E-state index contributed by atoms with van der Waals surface area (Å²) in [5, 5.41) is 9.58. The van der Waals surface area contributed by atoms with E-state index < -0.39 is 33.1 Å². The fourth-order valence-corrected chi connectivity index (χ4v) is 6.92. The number of unbranched alkanes of at least 4 members (excludes halogenated alkanes) is 20. The number of ether oxygens (including phenoxy) is 1. The van der Waals surface area contributed by atoms with Gasteiger partial charge in [-0.2, -0.15) is 0 Å². The van der Waals surface area contributed by atoms with E-state index in [1.165, 1.54) is 109 Å². The highest BCUT2D eigenvalue weighted by Crippen LogP contribution is 2.38. The lowest BCUT2D eigenvalue weighted by Crippen LogP contribution is -2.37. The molecular formula is C42H82NO8P. The van der Waals surface area contributed by atoms with Gasteiger partial charge in [0.05, 0.1) is 34.4 Å². The average Bonchev–Trinajstić information content (AvgIpc) is 3.09. The molecule has 10 heteroatoms. The van der Waals surface area contributed by atoms with Crippen molar-refractivity contribution in [3.05, 3.63) is 12.2 Å². The molecule has 0 heterocycles. The summed E-state index contributed by atoms with van der Waals surface area (Å²) in [6.07, 6.45) is 33.6. The third-order valence-electron chi connectivity index (χ3n) is 9.66. The molecule has 0 aliphatic rings. The Kier molecular flexibility index (Phi) is 33.7. The first-order chi connectivity index (χ1) is 24.9. The fourth-order valence-electron chi connectivity index (χ4n) is 6.20. The number of aliphatic hydroxyl groups is 1. The highest BCUT2D eigenvalue weighted by molar-refractivity contribution is 7.45. The van der Waals surface area contributed by atoms with E-state index in [9.17, 15) is 24.2 Å². The van der Waals surface area contributed by atoms with Gasteiger partial charge in [0.15, 0.2) is 0 Å². The first kappa shape index (κ1) is 50.9. The third kappa shape index (κ3) is 34.7. The Labute approximate surface area is 320 Å². The number of hydrogen-bond donors (Lipinski definition) is 1. The predicted octanol–water partition coefficient (Wildman–Crippen LogP) is 10.4. The van der Waals surface area contributed by atoms with Gasteiger partial charge in [-0.1, -0.05) is 148 Å². The van der Waals surface area contributed by atoms with Gasteiger partial charge in [-0.3, -0.25) is 14.2 Å². The van der Waals surface area contributed by atoms with Crippen LogP contribution in [0.3, 0.4) is 0 Å². The van der Waals surface area contributed by atoms with E-state index in [1.54, 1.807) is 0 Å². The molecule has 0 rings (SSSR count). The summed E-state index contributed by atoms with van der Waals surface area (Å²) in [7, 11) is 1.17. The van der Waals surface area contributed by atoms with Gasteiger partial charge in [0, 0.05) is 18.8 Å². The zero-order valence-electron chi connectivity index (χ0n) is 34.4. The minimum absolute atomic E-state index is 0.0216. The summed E-state index contributed by atoms with van der Waals surface area (Å²) >= 11 is 0. The number of esters is 1. The van der Waals surface area contributed by atoms with E-state index in [0.29, 0.717) is 29.7 Å². The van der Waals surface area contributed by atoms with Gasteiger partial charge in [-0.05, 0) is 38.5 Å². The predicted molar refractivity (Wildman–Crippen MR) is 213 cm³/mol. The van der Waals surface area contributed by atoms with Crippen molar-refractivity contribution in [3.8, 4) is 0 Å². The molecule has 52 heavy (non-hydrogen) atoms. The Morgan fingerprint density at radius 2 is 1.19 bits per heavy atom. The number of ketones is 1. The molecule has 1 N–H and O–H groups in total. The number of aliphatic hydroxyl groups excluding tert-OH is 1. The molecule has 3 atom stereocenters. The normalized spacial score (nSPS) is 14.4. The lowest BCUT2D eigenvalue weighted by atomic mass is 9.90. The van der Waals surface area contributed by atoms with E-state index in [4.69, 9.17) is 13.8 Å². The Morgan fingerprint density at radius 1 is 0.692 bits per heavy atom. The van der Waals surface area contributed by atoms with Crippen molar-refractivity contribution in [3.63, 3.8) is 0 Å². The van der Waals surface area contributed by atoms with Gasteiger partial charge in [-0.25, -0.2) is 0 Å². The molecule has 0 bridgehead atoms. The lowest BCUT2D eigenvalue weighted by molar-refractivity contribution is -0.870. The van der Waals surface area contributed by atoms with Crippen LogP contribution in [0.25, 0.3) is 0 Å². The van der Waals surface area contributed by atoms with Gasteiger partial charge in [0.2, 0.25) is 0 Å². The van der Waals surface area contributed by atoms with Crippen LogP contribution in [0.15, 0.2) is 12.2 Å². The molecule has 0 saturated carbocycles. The second kappa shape index (κ2) is 34.4. The van der Waals surface area contributed by atoms with Crippen LogP contribution in [0.4, 0.5) is 0 Å². The van der Waals surface area contributed by atoms with E-state index in [0.717, 1.165) is 44.9 Å². The molecule has 0 aromatic carbocycles. The number of quaternary nitrogens is 1. The maximum absolute atomic E-state index is 13.3. The first-order valence-electron chi connectivity index (χ1n) is 21.3. The van der Waals surface area contributed by atoms with E-state index in [2.05, 4.69) is 26.0 Å². The van der Waals surface area contributed by atoms with Crippen molar-refractivity contribution in [2.75, 3.05) is 47.5 Å². The van der Waals surface area contributed by atoms with Crippen LogP contribution in [0.1, 0.15) is 187 Å². The largest absolute Gasteiger partial charge is 0.756 e. The van der Waals surface area contributed by atoms with Gasteiger partial charge >= 0.3 is 5.97 Å². The minimum atomic E-state index is -4.57. The van der Waals surface area contributed by atoms with Crippen LogP contribution in [-0.4, -0.2) is 75.0 Å². The standard InChI is InChI=1S/C42H82NO8P/c1-6-8-10-12-14-16-17-18-19-21-23-25-29-33-41(45)39(31-27-24-22-20-15-13-11-9-7-2)32-28-26-30-34-42(46)51-40(37-44)38-50-52(47,48)49-36-35-43(3,4)5/h24,27,39-40,44H,6-23,25-26,28-38H2,1-5H3/b27-24-/t39?,40-/m0/s1. The van der Waals surface area contributed by atoms with Crippen molar-refractivity contribution in [1.82, 2.24) is 0 Å². The third-order valence-corrected chi connectivity index (χ3v) is 10.6. The molecule has 0 aliphatic carbocycles. The average molecular weight is 760 g/mol. The van der Waals surface area contributed by atoms with Crippen LogP contribution >= 0.6 is 7.82 Å². The number of phosphoric ester groups is 1. The maximum Gasteiger partial charge on any atom is 0.306 e. The molecule has 0 fully saturated rings. The number of carbonyl (C=O) groups excluding carboxylic acids is 2. The summed E-state index contributed by atoms with van der Waals surface area (Å²) in [6.45, 7) is 3.89. The molecule has 0 amide bonds. The van der Waals surface area contributed by atoms with Crippen molar-refractivity contribution in [2.45, 2.75) is 193 Å². The maximum atomic E-state index is 13.3. The molecule has 0 spiro atoms. The Bertz CT molecular complexity index is 922. The van der Waals surface area contributed by atoms with Gasteiger partial charge in [0.25, 0.3) is 7.82 Å². The number of rotatable bonds is 39. The molecule has 0 radical (unpaired) electrons. The van der Waals surface area contributed by atoms with Crippen molar-refractivity contribution in [2.24, 2.45) is 5.92 Å². The summed E-state index contributed by atoms with van der Waals surface area (Å²) in [5.74, 6) is -0.120. The molecule has 308 valence electrons. The number of allylic oxidation sites excluding steroid dienone is 2. The van der Waals surface area contributed by atoms with Crippen molar-refractivity contribution in [1.29, 1.82) is 0 Å². The quantitative estimate of drug-likeness (QED) is 0.0216. The second-order valence-electron chi connectivity index (χ2n) is 15.9. The summed E-state index contributed by atoms with van der Waals surface area (Å²) in [4.78, 5) is 37.7. The Balaban J connectivity index is 4.51. The number of hydrogen-bond acceptors (Lipinski definition) is 8. The Hall–Kier alpha value is -1.09. The fraction of sp³-hybridized carbons (Fsp3) is 0.905. The van der Waals surface area contributed by atoms with Crippen LogP contribution in [0, 0.1) is 5.92 Å². The monoisotopic (exact) mass is 760 g/mol. The summed E-state index contributed by atoms with van der Waals surface area (Å²) in [6, 6.07) is 0. The number of likely N-dealkylation sites (N-methyl/N-ethyl adjacent to an activating group) is 1. The van der Waals surface area contributed by atoms with Crippen LogP contribution in [0.5, 0.6) is 0 Å². The molecule has 0 aromatic rings. The SMILES string of the molecule is CCCCCCCC/C=C\CC(CCCCCC(=O)O[C@@H](CO)COP(=O)([O-])OCC[N+](C)(C)C)C(=O)CCCCCCCCCCCCCCC. The van der Waals surface area contributed by atoms with Crippen LogP contribution in [-0.2, 0) is 27.9 Å². The molecule has 0 aliphatic heterocycles. The lowest BCUT2D eigenvalue weighted by Gasteiger charge is -2.28. The van der Waals surface area contributed by atoms with Crippen LogP contribution < -0.4 is 4.89 Å². The molecular weight excluding hydrogens is 677 g/mol. The first-order valence-corrected chi connectivity index (χ1v) is 22.8. The zero-order valence-corrected chi connectivity index (χ0v) is 35.3. The highest BCUT2D eigenvalue weighted by atomic mass is 31.2. The highest BCUT2D eigenvalue weighted by Gasteiger charge is 2.20. The zero-order chi connectivity index (χ0) is 38.8. The second-order valence-corrected chi connectivity index (χ2v) is 17.3.